The highest BCUT2D eigenvalue weighted by atomic mass is 19.1. The van der Waals surface area contributed by atoms with Crippen molar-refractivity contribution in [1.82, 2.24) is 4.98 Å². The number of carbonyl (C=O) groups is 1. The molecular formula is C37H42FNO8. The van der Waals surface area contributed by atoms with Crippen LogP contribution < -0.4 is 10.4 Å². The van der Waals surface area contributed by atoms with Gasteiger partial charge in [-0.25, -0.2) is 9.18 Å². The third-order valence-electron chi connectivity index (χ3n) is 11.5. The maximum Gasteiger partial charge on any atom is 0.345 e. The first-order valence-electron chi connectivity index (χ1n) is 16.7. The van der Waals surface area contributed by atoms with E-state index in [4.69, 9.17) is 23.4 Å². The predicted octanol–water partition coefficient (Wildman–Crippen LogP) is 6.68. The summed E-state index contributed by atoms with van der Waals surface area (Å²) in [4.78, 5) is 31.0. The van der Waals surface area contributed by atoms with Crippen molar-refractivity contribution in [1.29, 1.82) is 0 Å². The fourth-order valence-corrected chi connectivity index (χ4v) is 9.19. The lowest BCUT2D eigenvalue weighted by atomic mass is 9.42. The molecule has 0 spiro atoms. The number of fused-ring (bicyclic) bond motifs is 6. The van der Waals surface area contributed by atoms with Crippen molar-refractivity contribution in [3.05, 3.63) is 82.2 Å². The molecule has 250 valence electrons. The van der Waals surface area contributed by atoms with Crippen LogP contribution in [0, 0.1) is 28.5 Å². The Morgan fingerprint density at radius 2 is 1.94 bits per heavy atom. The highest BCUT2D eigenvalue weighted by molar-refractivity contribution is 5.69. The lowest BCUT2D eigenvalue weighted by molar-refractivity contribution is -0.331. The Kier molecular flexibility index (Phi) is 8.04. The summed E-state index contributed by atoms with van der Waals surface area (Å²) < 4.78 is 45.4. The average molecular weight is 648 g/mol. The van der Waals surface area contributed by atoms with Crippen molar-refractivity contribution in [2.75, 3.05) is 6.61 Å². The van der Waals surface area contributed by atoms with E-state index in [1.807, 2.05) is 13.8 Å². The second kappa shape index (κ2) is 11.8. The molecule has 10 heteroatoms. The number of nitrogens with zero attached hydrogens (tertiary/aromatic N) is 1. The molecule has 2 aliphatic heterocycles. The molecule has 7 rings (SSSR count). The zero-order valence-corrected chi connectivity index (χ0v) is 27.2. The molecule has 2 saturated carbocycles. The number of esters is 1. The summed E-state index contributed by atoms with van der Waals surface area (Å²) in [5.41, 5.74) is -1.51. The van der Waals surface area contributed by atoms with E-state index in [-0.39, 0.29) is 47.3 Å². The van der Waals surface area contributed by atoms with E-state index in [0.29, 0.717) is 37.9 Å². The van der Waals surface area contributed by atoms with Crippen LogP contribution >= 0.6 is 0 Å². The van der Waals surface area contributed by atoms with Gasteiger partial charge in [0.1, 0.15) is 34.6 Å². The predicted molar refractivity (Wildman–Crippen MR) is 169 cm³/mol. The number of benzene rings is 1. The van der Waals surface area contributed by atoms with Crippen molar-refractivity contribution in [2.45, 2.75) is 96.4 Å². The molecule has 3 fully saturated rings. The van der Waals surface area contributed by atoms with Gasteiger partial charge in [0.15, 0.2) is 6.29 Å². The number of hydrogen-bond donors (Lipinski definition) is 1. The Hall–Kier alpha value is -3.60. The molecule has 9 atom stereocenters. The molecule has 2 aliphatic carbocycles. The molecule has 1 N–H and O–H groups in total. The van der Waals surface area contributed by atoms with Crippen LogP contribution in [-0.2, 0) is 19.0 Å². The van der Waals surface area contributed by atoms with Gasteiger partial charge >= 0.3 is 11.6 Å². The highest BCUT2D eigenvalue weighted by Crippen LogP contribution is 2.68. The first kappa shape index (κ1) is 32.0. The summed E-state index contributed by atoms with van der Waals surface area (Å²) in [5, 5.41) is 12.3. The molecule has 9 nitrogen and oxygen atoms in total. The number of halogens is 1. The summed E-state index contributed by atoms with van der Waals surface area (Å²) in [6.07, 6.45) is 4.02. The third-order valence-corrected chi connectivity index (χ3v) is 11.5. The lowest BCUT2D eigenvalue weighted by Crippen LogP contribution is -2.71. The van der Waals surface area contributed by atoms with Crippen LogP contribution in [0.2, 0.25) is 0 Å². The van der Waals surface area contributed by atoms with Crippen LogP contribution in [0.25, 0.3) is 11.3 Å². The van der Waals surface area contributed by atoms with E-state index in [9.17, 15) is 19.1 Å². The van der Waals surface area contributed by atoms with Crippen molar-refractivity contribution in [2.24, 2.45) is 22.7 Å². The number of aliphatic hydroxyl groups excluding tert-OH is 1. The molecule has 4 aliphatic rings. The highest BCUT2D eigenvalue weighted by Gasteiger charge is 2.71. The fraction of sp³-hybridized carbons (Fsp3) is 0.541. The first-order chi connectivity index (χ1) is 22.5. The Bertz CT molecular complexity index is 1700. The second-order valence-corrected chi connectivity index (χ2v) is 14.4. The van der Waals surface area contributed by atoms with Crippen molar-refractivity contribution in [3.63, 3.8) is 0 Å². The van der Waals surface area contributed by atoms with E-state index in [0.717, 1.165) is 12.0 Å². The number of rotatable bonds is 6. The third kappa shape index (κ3) is 5.20. The van der Waals surface area contributed by atoms with Gasteiger partial charge in [-0.15, -0.1) is 0 Å². The van der Waals surface area contributed by atoms with E-state index < -0.39 is 46.5 Å². The first-order valence-corrected chi connectivity index (χ1v) is 16.7. The molecule has 0 unspecified atom stereocenters. The van der Waals surface area contributed by atoms with Crippen LogP contribution in [0.1, 0.15) is 89.7 Å². The van der Waals surface area contributed by atoms with Crippen LogP contribution in [0.5, 0.6) is 5.75 Å². The largest absolute Gasteiger partial charge is 0.482 e. The zero-order valence-electron chi connectivity index (χ0n) is 27.2. The van der Waals surface area contributed by atoms with Crippen LogP contribution in [0.3, 0.4) is 0 Å². The molecule has 3 aromatic rings. The van der Waals surface area contributed by atoms with E-state index in [1.165, 1.54) is 12.1 Å². The zero-order chi connectivity index (χ0) is 33.1. The molecule has 1 saturated heterocycles. The number of pyridine rings is 1. The Balaban J connectivity index is 1.28. The smallest absolute Gasteiger partial charge is 0.345 e. The standard InChI is InChI=1S/C37H42FNO8/c1-5-6-9-29(40)45-28-18-26-35(2,15-14-27-36(26,3)20-43-34(46-27)21-10-12-23(38)13-11-21)32-31(41)30-25(47-37(28,32)4)17-24(44-33(30)42)22-8-7-16-39-19-22/h7-8,10-13,16-17,19,26-28,31-32,34,41H,5-6,9,14-15,18,20H2,1-4H3/t26-,27+,28+,31+,32-,34-,35+,36+,37-/m1/s1. The fourth-order valence-electron chi connectivity index (χ4n) is 9.19. The second-order valence-electron chi connectivity index (χ2n) is 14.4. The number of aromatic nitrogens is 1. The topological polar surface area (TPSA) is 117 Å². The summed E-state index contributed by atoms with van der Waals surface area (Å²) in [5.74, 6) is -0.915. The minimum absolute atomic E-state index is 0.0674. The number of hydrogen-bond acceptors (Lipinski definition) is 9. The average Bonchev–Trinajstić information content (AvgIpc) is 3.04. The molecule has 0 amide bonds. The Morgan fingerprint density at radius 1 is 1.15 bits per heavy atom. The van der Waals surface area contributed by atoms with E-state index in [1.54, 1.807) is 42.7 Å². The lowest BCUT2D eigenvalue weighted by Gasteiger charge is -2.67. The van der Waals surface area contributed by atoms with Crippen molar-refractivity contribution in [3.8, 4) is 17.1 Å². The van der Waals surface area contributed by atoms with Gasteiger partial charge in [-0.1, -0.05) is 39.3 Å². The van der Waals surface area contributed by atoms with Crippen LogP contribution in [0.4, 0.5) is 4.39 Å². The molecule has 2 aromatic heterocycles. The normalized spacial score (nSPS) is 35.8. The maximum atomic E-state index is 13.6. The van der Waals surface area contributed by atoms with Gasteiger partial charge in [0, 0.05) is 47.3 Å². The summed E-state index contributed by atoms with van der Waals surface area (Å²) in [6, 6.07) is 11.3. The molecule has 4 heterocycles. The van der Waals surface area contributed by atoms with Gasteiger partial charge in [0.2, 0.25) is 0 Å². The Labute approximate surface area is 273 Å². The van der Waals surface area contributed by atoms with Gasteiger partial charge in [-0.3, -0.25) is 9.78 Å². The van der Waals surface area contributed by atoms with Crippen LogP contribution in [0.15, 0.2) is 64.1 Å². The SMILES string of the molecule is CCCCC(=O)O[C@H]1C[C@H]2[C@]3(C)CO[C@@H](c4ccc(F)cc4)O[C@H]3CC[C@]2(C)[C@H]2[C@@H](O)c3c(cc(-c4cccnc4)oc3=O)O[C@]12C. The summed E-state index contributed by atoms with van der Waals surface area (Å²) in [7, 11) is 0. The Morgan fingerprint density at radius 3 is 2.66 bits per heavy atom. The van der Waals surface area contributed by atoms with E-state index >= 15 is 0 Å². The monoisotopic (exact) mass is 647 g/mol. The molecule has 0 bridgehead atoms. The maximum absolute atomic E-state index is 13.6. The van der Waals surface area contributed by atoms with E-state index in [2.05, 4.69) is 18.8 Å². The minimum Gasteiger partial charge on any atom is -0.482 e. The van der Waals surface area contributed by atoms with Crippen LogP contribution in [-0.4, -0.2) is 40.5 Å². The summed E-state index contributed by atoms with van der Waals surface area (Å²) >= 11 is 0. The number of unbranched alkanes of at least 4 members (excludes halogenated alkanes) is 1. The number of aliphatic hydroxyl groups is 1. The minimum atomic E-state index is -1.25. The number of ether oxygens (including phenoxy) is 4. The quantitative estimate of drug-likeness (QED) is 0.292. The summed E-state index contributed by atoms with van der Waals surface area (Å²) in [6.45, 7) is 8.55. The van der Waals surface area contributed by atoms with Gasteiger partial charge in [0.25, 0.3) is 0 Å². The molecular weight excluding hydrogens is 605 g/mol. The van der Waals surface area contributed by atoms with Gasteiger partial charge in [-0.2, -0.15) is 0 Å². The van der Waals surface area contributed by atoms with Gasteiger partial charge < -0.3 is 28.5 Å². The molecule has 47 heavy (non-hydrogen) atoms. The van der Waals surface area contributed by atoms with Crippen molar-refractivity contribution < 1.29 is 37.7 Å². The van der Waals surface area contributed by atoms with Gasteiger partial charge in [-0.05, 0) is 68.2 Å². The molecule has 0 radical (unpaired) electrons. The van der Waals surface area contributed by atoms with Crippen molar-refractivity contribution >= 4 is 5.97 Å². The molecule has 1 aromatic carbocycles. The number of carbonyl (C=O) groups excluding carboxylic acids is 1. The van der Waals surface area contributed by atoms with Gasteiger partial charge in [0.05, 0.1) is 18.8 Å².